The fourth-order valence-electron chi connectivity index (χ4n) is 1.53. The van der Waals surface area contributed by atoms with Crippen LogP contribution in [0, 0.1) is 0 Å². The summed E-state index contributed by atoms with van der Waals surface area (Å²) in [5.74, 6) is 1.82. The van der Waals surface area contributed by atoms with Gasteiger partial charge in [0.05, 0.1) is 20.8 Å². The van der Waals surface area contributed by atoms with Gasteiger partial charge in [-0.2, -0.15) is 0 Å². The molecule has 0 aliphatic heterocycles. The molecule has 0 aliphatic carbocycles. The van der Waals surface area contributed by atoms with Crippen molar-refractivity contribution in [3.05, 3.63) is 17.7 Å². The second-order valence-electron chi connectivity index (χ2n) is 6.35. The molecule has 1 rings (SSSR count). The molecule has 0 saturated carbocycles. The van der Waals surface area contributed by atoms with Gasteiger partial charge in [-0.05, 0) is 35.8 Å². The van der Waals surface area contributed by atoms with Crippen LogP contribution in [0.3, 0.4) is 0 Å². The molecule has 1 aromatic carbocycles. The van der Waals surface area contributed by atoms with E-state index in [0.29, 0.717) is 17.2 Å². The first-order valence-electron chi connectivity index (χ1n) is 6.71. The molecule has 0 spiro atoms. The van der Waals surface area contributed by atoms with Crippen molar-refractivity contribution >= 4 is 8.32 Å². The molecule has 5 heteroatoms. The summed E-state index contributed by atoms with van der Waals surface area (Å²) in [5.41, 5.74) is 0.737. The molecule has 114 valence electrons. The fraction of sp³-hybridized carbons (Fsp3) is 0.600. The summed E-state index contributed by atoms with van der Waals surface area (Å²) in [6.45, 7) is 10.8. The van der Waals surface area contributed by atoms with E-state index < -0.39 is 8.32 Å². The Morgan fingerprint density at radius 2 is 1.50 bits per heavy atom. The van der Waals surface area contributed by atoms with Crippen molar-refractivity contribution in [1.82, 2.24) is 0 Å². The average Bonchev–Trinajstić information content (AvgIpc) is 2.37. The zero-order valence-corrected chi connectivity index (χ0v) is 14.5. The van der Waals surface area contributed by atoms with Crippen molar-refractivity contribution in [2.24, 2.45) is 0 Å². The lowest BCUT2D eigenvalue weighted by atomic mass is 10.2. The second kappa shape index (κ2) is 6.05. The summed E-state index contributed by atoms with van der Waals surface area (Å²) >= 11 is 0. The van der Waals surface area contributed by atoms with Crippen LogP contribution in [0.1, 0.15) is 26.3 Å². The van der Waals surface area contributed by atoms with E-state index in [2.05, 4.69) is 33.9 Å². The highest BCUT2D eigenvalue weighted by molar-refractivity contribution is 6.74. The van der Waals surface area contributed by atoms with Crippen molar-refractivity contribution in [2.45, 2.75) is 45.5 Å². The number of methoxy groups -OCH3 is 2. The molecule has 0 aromatic heterocycles. The van der Waals surface area contributed by atoms with E-state index in [4.69, 9.17) is 13.9 Å². The van der Waals surface area contributed by atoms with Gasteiger partial charge in [0.1, 0.15) is 0 Å². The Kier molecular flexibility index (Phi) is 5.10. The highest BCUT2D eigenvalue weighted by atomic mass is 28.4. The van der Waals surface area contributed by atoms with E-state index >= 15 is 0 Å². The monoisotopic (exact) mass is 298 g/mol. The van der Waals surface area contributed by atoms with Crippen LogP contribution in [0.25, 0.3) is 0 Å². The minimum absolute atomic E-state index is 0.0624. The number of rotatable bonds is 5. The molecule has 1 N–H and O–H groups in total. The van der Waals surface area contributed by atoms with E-state index in [0.717, 1.165) is 5.56 Å². The first kappa shape index (κ1) is 16.9. The Hall–Kier alpha value is -1.20. The van der Waals surface area contributed by atoms with Crippen molar-refractivity contribution in [2.75, 3.05) is 14.2 Å². The Bertz CT molecular complexity index is 438. The lowest BCUT2D eigenvalue weighted by Gasteiger charge is -2.37. The molecule has 0 unspecified atom stereocenters. The summed E-state index contributed by atoms with van der Waals surface area (Å²) in [4.78, 5) is 0. The van der Waals surface area contributed by atoms with E-state index in [9.17, 15) is 5.11 Å². The molecule has 0 bridgehead atoms. The minimum Gasteiger partial charge on any atom is -0.539 e. The quantitative estimate of drug-likeness (QED) is 0.844. The van der Waals surface area contributed by atoms with Crippen LogP contribution >= 0.6 is 0 Å². The minimum atomic E-state index is -1.99. The van der Waals surface area contributed by atoms with Gasteiger partial charge in [0.15, 0.2) is 17.2 Å². The van der Waals surface area contributed by atoms with Gasteiger partial charge < -0.3 is 19.0 Å². The zero-order valence-electron chi connectivity index (χ0n) is 13.5. The van der Waals surface area contributed by atoms with Crippen LogP contribution in [0.4, 0.5) is 0 Å². The maximum Gasteiger partial charge on any atom is 0.250 e. The largest absolute Gasteiger partial charge is 0.539 e. The molecule has 0 amide bonds. The lowest BCUT2D eigenvalue weighted by Crippen LogP contribution is -2.44. The van der Waals surface area contributed by atoms with Crippen LogP contribution in [-0.2, 0) is 6.61 Å². The van der Waals surface area contributed by atoms with Gasteiger partial charge in [-0.1, -0.05) is 20.8 Å². The number of ether oxygens (including phenoxy) is 2. The number of hydrogen-bond acceptors (Lipinski definition) is 4. The van der Waals surface area contributed by atoms with Crippen LogP contribution in [-0.4, -0.2) is 27.6 Å². The third-order valence-corrected chi connectivity index (χ3v) is 8.19. The van der Waals surface area contributed by atoms with E-state index in [-0.39, 0.29) is 11.6 Å². The van der Waals surface area contributed by atoms with Crippen LogP contribution in [0.5, 0.6) is 17.2 Å². The molecule has 0 fully saturated rings. The number of aliphatic hydroxyl groups excluding tert-OH is 1. The first-order valence-corrected chi connectivity index (χ1v) is 9.62. The van der Waals surface area contributed by atoms with Crippen molar-refractivity contribution < 1.29 is 19.0 Å². The predicted octanol–water partition coefficient (Wildman–Crippen LogP) is 3.58. The van der Waals surface area contributed by atoms with Crippen LogP contribution in [0.15, 0.2) is 12.1 Å². The molecule has 1 aromatic rings. The van der Waals surface area contributed by atoms with Crippen LogP contribution < -0.4 is 13.9 Å². The number of benzene rings is 1. The number of hydrogen-bond donors (Lipinski definition) is 1. The van der Waals surface area contributed by atoms with E-state index in [1.807, 2.05) is 0 Å². The Morgan fingerprint density at radius 3 is 1.80 bits per heavy atom. The van der Waals surface area contributed by atoms with Crippen molar-refractivity contribution in [3.63, 3.8) is 0 Å². The summed E-state index contributed by atoms with van der Waals surface area (Å²) in [6, 6.07) is 3.57. The van der Waals surface area contributed by atoms with Gasteiger partial charge in [0.25, 0.3) is 8.32 Å². The Labute approximate surface area is 122 Å². The van der Waals surface area contributed by atoms with Crippen molar-refractivity contribution in [1.29, 1.82) is 0 Å². The summed E-state index contributed by atoms with van der Waals surface area (Å²) in [7, 11) is 1.19. The first-order chi connectivity index (χ1) is 9.16. The second-order valence-corrected chi connectivity index (χ2v) is 11.1. The topological polar surface area (TPSA) is 47.9 Å². The summed E-state index contributed by atoms with van der Waals surface area (Å²) in [6.07, 6.45) is 0. The van der Waals surface area contributed by atoms with E-state index in [1.165, 1.54) is 0 Å². The maximum absolute atomic E-state index is 9.29. The molecule has 4 nitrogen and oxygen atoms in total. The molecule has 0 radical (unpaired) electrons. The van der Waals surface area contributed by atoms with Crippen LogP contribution in [0.2, 0.25) is 18.1 Å². The smallest absolute Gasteiger partial charge is 0.250 e. The molecule has 0 atom stereocenters. The average molecular weight is 298 g/mol. The van der Waals surface area contributed by atoms with Gasteiger partial charge in [-0.3, -0.25) is 0 Å². The van der Waals surface area contributed by atoms with Gasteiger partial charge in [-0.15, -0.1) is 0 Å². The molecule has 20 heavy (non-hydrogen) atoms. The van der Waals surface area contributed by atoms with Gasteiger partial charge >= 0.3 is 0 Å². The maximum atomic E-state index is 9.29. The zero-order chi connectivity index (χ0) is 15.6. The van der Waals surface area contributed by atoms with Crippen molar-refractivity contribution in [3.8, 4) is 17.2 Å². The third-order valence-electron chi connectivity index (χ3n) is 3.87. The summed E-state index contributed by atoms with van der Waals surface area (Å²) in [5, 5.41) is 9.37. The lowest BCUT2D eigenvalue weighted by molar-refractivity contribution is 0.279. The fourth-order valence-corrected chi connectivity index (χ4v) is 2.55. The Balaban J connectivity index is 3.30. The Morgan fingerprint density at radius 1 is 1.05 bits per heavy atom. The SMILES string of the molecule is COc1cc(CO)cc(OC)c1O[Si](C)(C)C(C)(C)C. The normalized spacial score (nSPS) is 12.2. The summed E-state index contributed by atoms with van der Waals surface area (Å²) < 4.78 is 17.1. The highest BCUT2D eigenvalue weighted by Gasteiger charge is 2.40. The van der Waals surface area contributed by atoms with Gasteiger partial charge in [0, 0.05) is 0 Å². The van der Waals surface area contributed by atoms with Gasteiger partial charge in [-0.25, -0.2) is 0 Å². The predicted molar refractivity (Wildman–Crippen MR) is 83.3 cm³/mol. The molecule has 0 saturated heterocycles. The molecule has 0 aliphatic rings. The standard InChI is InChI=1S/C15H26O4Si/c1-15(2,3)20(6,7)19-14-12(17-4)8-11(10-16)9-13(14)18-5/h8-9,16H,10H2,1-7H3. The highest BCUT2D eigenvalue weighted by Crippen LogP contribution is 2.44. The number of aliphatic hydroxyl groups is 1. The van der Waals surface area contributed by atoms with E-state index in [1.54, 1.807) is 26.4 Å². The van der Waals surface area contributed by atoms with Gasteiger partial charge in [0.2, 0.25) is 0 Å². The molecular weight excluding hydrogens is 272 g/mol. The third kappa shape index (κ3) is 3.46. The molecular formula is C15H26O4Si. The molecule has 0 heterocycles.